The molecule has 0 saturated carbocycles. The zero-order valence-corrected chi connectivity index (χ0v) is 36.5. The van der Waals surface area contributed by atoms with Crippen LogP contribution in [0, 0.1) is 18.1 Å². The van der Waals surface area contributed by atoms with E-state index < -0.39 is 71.9 Å². The van der Waals surface area contributed by atoms with E-state index in [1.807, 2.05) is 49.9 Å². The molecule has 55 heavy (non-hydrogen) atoms. The zero-order valence-electron chi connectivity index (χ0n) is 31.6. The summed E-state index contributed by atoms with van der Waals surface area (Å²) in [6.07, 6.45) is -0.399. The number of aromatic amines is 2. The summed E-state index contributed by atoms with van der Waals surface area (Å²) in [7, 11) is 0. The third-order valence-corrected chi connectivity index (χ3v) is 7.23. The SMILES string of the molecule is CC(C)N.CI.Cc1cn(C2CC(OCC(=O)NC(C)C)C(CO[N]=[V])O2)c(=O)[nH]c1=O.Cc1cn(C2CC(OCC(=O)O)C(CO)O2)c(=O)[nH]c1=O.[3HH].[NH]=[V]. The summed E-state index contributed by atoms with van der Waals surface area (Å²) in [6, 6.07) is 0.345. The van der Waals surface area contributed by atoms with E-state index in [1.165, 1.54) is 21.5 Å². The van der Waals surface area contributed by atoms with Gasteiger partial charge in [0.2, 0.25) is 0 Å². The van der Waals surface area contributed by atoms with Gasteiger partial charge in [-0.2, -0.15) is 0 Å². The summed E-state index contributed by atoms with van der Waals surface area (Å²) in [5.74, 6) is -1.37. The molecular weight excluding hydrogens is 921 g/mol. The molecule has 24 heteroatoms. The number of aliphatic hydroxyl groups excluding tert-OH is 1. The van der Waals surface area contributed by atoms with Crippen molar-refractivity contribution in [3.63, 3.8) is 0 Å². The standard InChI is InChI=1S/C15H22N4O6.C12H16N2O7.C3H9N.CH3I.HN.2V.H2/c1-8(2)17-12(20)7-23-10-4-13(25-11(10)6-24-16)19-5-9(3)14(21)18-15(19)22;1-6-3-14(12(19)13-11(6)18)9-2-7(8(4-15)21-9)20-5-10(16)17;1-3(2)4;1-2;;;;/h5,8,10-11,13H,4,6-7H2,1-3H3,(H,17,20)(H,18,21,22);3,7-9,15H,2,4-5H2,1H3,(H,16,17)(H,13,18,19);3H,4H2,1-2H3;1H3;1H;;;1H/i;;;;;;;1+2. The molecule has 0 aromatic carbocycles. The minimum absolute atomic E-state index is 0. The van der Waals surface area contributed by atoms with Gasteiger partial charge in [0.1, 0.15) is 18.9 Å². The van der Waals surface area contributed by atoms with E-state index in [0.717, 1.165) is 0 Å². The quantitative estimate of drug-likeness (QED) is 0.0805. The topological polar surface area (TPSA) is 305 Å². The van der Waals surface area contributed by atoms with Crippen LogP contribution in [0.2, 0.25) is 0 Å². The number of nitrogens with zero attached hydrogens (tertiary/aromatic N) is 3. The Kier molecular flexibility index (Phi) is 26.7. The summed E-state index contributed by atoms with van der Waals surface area (Å²) >= 11 is 5.64. The summed E-state index contributed by atoms with van der Waals surface area (Å²) in [6.45, 7) is 9.85. The molecule has 2 saturated heterocycles. The number of nitrogens with one attached hydrogen (secondary N) is 4. The molecule has 6 atom stereocenters. The second-order valence-corrected chi connectivity index (χ2v) is 12.6. The monoisotopic (exact) mass is 976 g/mol. The molecule has 0 bridgehead atoms. The fourth-order valence-corrected chi connectivity index (χ4v) is 4.94. The number of aliphatic carboxylic acids is 1. The van der Waals surface area contributed by atoms with E-state index in [9.17, 15) is 33.9 Å². The van der Waals surface area contributed by atoms with Crippen molar-refractivity contribution in [3.8, 4) is 0 Å². The number of alkyl halides is 1. The number of hydrogen-bond donors (Lipinski definition) is 7. The summed E-state index contributed by atoms with van der Waals surface area (Å²) in [5.41, 5.74) is 3.72. The predicted octanol–water partition coefficient (Wildman–Crippen LogP) is 0.245. The number of aryl methyl sites for hydroxylation is 2. The number of carbonyl (C=O) groups is 2. The number of carbonyl (C=O) groups excluding carboxylic acids is 1. The van der Waals surface area contributed by atoms with E-state index in [4.69, 9.17) is 38.8 Å². The van der Waals surface area contributed by atoms with Gasteiger partial charge in [-0.05, 0) is 17.9 Å². The Morgan fingerprint density at radius 1 is 0.964 bits per heavy atom. The van der Waals surface area contributed by atoms with Crippen LogP contribution in [0.15, 0.2) is 35.5 Å². The molecule has 2 aliphatic rings. The molecule has 0 radical (unpaired) electrons. The Morgan fingerprint density at radius 3 is 1.78 bits per heavy atom. The number of rotatable bonds is 13. The molecule has 6 unspecified atom stereocenters. The number of ether oxygens (including phenoxy) is 4. The van der Waals surface area contributed by atoms with Crippen LogP contribution in [0.4, 0.5) is 0 Å². The third-order valence-electron chi connectivity index (χ3n) is 7.05. The first-order valence-corrected chi connectivity index (χ1v) is 20.1. The van der Waals surface area contributed by atoms with Crippen molar-refractivity contribution in [2.45, 2.75) is 103 Å². The number of H-pyrrole nitrogens is 2. The van der Waals surface area contributed by atoms with Crippen LogP contribution in [0.3, 0.4) is 0 Å². The predicted molar refractivity (Wildman–Crippen MR) is 199 cm³/mol. The van der Waals surface area contributed by atoms with Gasteiger partial charge in [-0.3, -0.25) is 14.3 Å². The summed E-state index contributed by atoms with van der Waals surface area (Å²) in [5, 5.41) is 20.6. The van der Waals surface area contributed by atoms with Gasteiger partial charge in [-0.25, -0.2) is 9.59 Å². The van der Waals surface area contributed by atoms with Crippen molar-refractivity contribution in [3.05, 3.63) is 65.2 Å². The zero-order chi connectivity index (χ0) is 42.4. The second-order valence-electron chi connectivity index (χ2n) is 12.3. The first-order chi connectivity index (χ1) is 26.0. The molecule has 21 nitrogen and oxygen atoms in total. The van der Waals surface area contributed by atoms with Crippen molar-refractivity contribution in [1.82, 2.24) is 24.4 Å². The number of aromatic nitrogens is 4. The molecule has 2 fully saturated rings. The number of hydrogen-bond acceptors (Lipinski definition) is 15. The van der Waals surface area contributed by atoms with E-state index in [-0.39, 0.29) is 39.6 Å². The maximum atomic E-state index is 12.1. The number of carboxylic acids is 1. The van der Waals surface area contributed by atoms with E-state index in [1.54, 1.807) is 31.1 Å². The molecule has 0 aliphatic carbocycles. The van der Waals surface area contributed by atoms with Crippen molar-refractivity contribution >= 4 is 34.5 Å². The molecule has 312 valence electrons. The average molecular weight is 977 g/mol. The van der Waals surface area contributed by atoms with Gasteiger partial charge in [-0.15, -0.1) is 0 Å². The molecule has 2 aromatic rings. The van der Waals surface area contributed by atoms with Crippen molar-refractivity contribution < 1.29 is 79.5 Å². The summed E-state index contributed by atoms with van der Waals surface area (Å²) in [4.78, 5) is 80.4. The van der Waals surface area contributed by atoms with Crippen LogP contribution in [0.5, 0.6) is 0 Å². The first kappa shape index (κ1) is 52.5. The Morgan fingerprint density at radius 2 is 1.38 bits per heavy atom. The van der Waals surface area contributed by atoms with Crippen LogP contribution < -0.4 is 33.5 Å². The van der Waals surface area contributed by atoms with Gasteiger partial charge in [-0.1, -0.05) is 36.4 Å². The molecule has 1 amide bonds. The number of amides is 1. The Hall–Kier alpha value is -2.48. The van der Waals surface area contributed by atoms with Crippen molar-refractivity contribution in [1.29, 1.82) is 4.21 Å². The average Bonchev–Trinajstić information content (AvgIpc) is 3.74. The van der Waals surface area contributed by atoms with Crippen LogP contribution in [-0.4, -0.2) is 109 Å². The van der Waals surface area contributed by atoms with E-state index >= 15 is 0 Å². The molecule has 0 spiro atoms. The van der Waals surface area contributed by atoms with Gasteiger partial charge in [0.15, 0.2) is 0 Å². The summed E-state index contributed by atoms with van der Waals surface area (Å²) < 4.78 is 33.9. The molecule has 8 N–H and O–H groups in total. The normalized spacial score (nSPS) is 21.1. The fraction of sp³-hybridized carbons (Fsp3) is 0.677. The molecular formula is C31H53IN8O13V2. The molecule has 2 aromatic heterocycles. The van der Waals surface area contributed by atoms with Crippen LogP contribution in [0.1, 0.15) is 65.5 Å². The second kappa shape index (κ2) is 28.0. The van der Waals surface area contributed by atoms with Crippen molar-refractivity contribution in [2.24, 2.45) is 9.69 Å². The molecule has 4 rings (SSSR count). The van der Waals surface area contributed by atoms with Crippen LogP contribution in [-0.2, 0) is 67.8 Å². The first-order valence-electron chi connectivity index (χ1n) is 16.6. The Balaban J connectivity index is 0. The number of carboxylic acid groups (broad SMARTS) is 1. The molecule has 4 heterocycles. The van der Waals surface area contributed by atoms with Gasteiger partial charge >= 0.3 is 192 Å². The van der Waals surface area contributed by atoms with Gasteiger partial charge in [0.25, 0.3) is 5.56 Å². The van der Waals surface area contributed by atoms with E-state index in [0.29, 0.717) is 23.6 Å². The van der Waals surface area contributed by atoms with Crippen LogP contribution in [0.25, 0.3) is 0 Å². The number of aliphatic hydroxyl groups is 1. The maximum absolute atomic E-state index is 12.1. The fourth-order valence-electron chi connectivity index (χ4n) is 4.84. The number of nitrogens with two attached hydrogens (primary N) is 1. The minimum atomic E-state index is -1.13. The van der Waals surface area contributed by atoms with Crippen LogP contribution >= 0.6 is 22.6 Å². The Labute approximate surface area is 350 Å². The van der Waals surface area contributed by atoms with Crippen molar-refractivity contribution in [2.75, 3.05) is 31.4 Å². The third kappa shape index (κ3) is 19.0. The van der Waals surface area contributed by atoms with E-state index in [2.05, 4.69) is 41.8 Å². The molecule has 2 aliphatic heterocycles. The Bertz CT molecular complexity index is 1730. The van der Waals surface area contributed by atoms with Gasteiger partial charge < -0.3 is 25.4 Å². The van der Waals surface area contributed by atoms with Gasteiger partial charge in [0, 0.05) is 19.6 Å². The number of halogens is 1. The van der Waals surface area contributed by atoms with Gasteiger partial charge in [0.05, 0.1) is 12.7 Å².